The molecule has 0 spiro atoms. The molecular weight excluding hydrogens is 393 g/mol. The molecule has 1 aromatic rings. The van der Waals surface area contributed by atoms with Gasteiger partial charge in [0.2, 0.25) is 0 Å². The van der Waals surface area contributed by atoms with Crippen LogP contribution in [0.2, 0.25) is 0 Å². The third kappa shape index (κ3) is 9.41. The van der Waals surface area contributed by atoms with E-state index in [1.807, 2.05) is 37.3 Å². The van der Waals surface area contributed by atoms with Gasteiger partial charge in [-0.2, -0.15) is 0 Å². The molecular formula is C21H36NO6P. The van der Waals surface area contributed by atoms with Gasteiger partial charge in [0.25, 0.3) is 0 Å². The summed E-state index contributed by atoms with van der Waals surface area (Å²) in [7, 11) is -1.88. The average molecular weight is 429 g/mol. The highest BCUT2D eigenvalue weighted by molar-refractivity contribution is 7.54. The molecule has 0 heterocycles. The Balaban J connectivity index is 2.98. The molecule has 7 nitrogen and oxygen atoms in total. The Labute approximate surface area is 175 Å². The molecule has 0 amide bonds. The first-order valence-electron chi connectivity index (χ1n) is 10.3. The summed E-state index contributed by atoms with van der Waals surface area (Å²) in [6.45, 7) is 6.84. The maximum absolute atomic E-state index is 13.5. The molecule has 0 aromatic heterocycles. The van der Waals surface area contributed by atoms with Crippen LogP contribution in [-0.2, 0) is 27.9 Å². The topological polar surface area (TPSA) is 83.1 Å². The number of benzene rings is 1. The molecule has 0 saturated carbocycles. The van der Waals surface area contributed by atoms with E-state index in [1.165, 1.54) is 0 Å². The number of unbranched alkanes of at least 4 members (excludes halogenated alkanes) is 1. The maximum Gasteiger partial charge on any atom is 0.347 e. The Morgan fingerprint density at radius 3 is 2.31 bits per heavy atom. The van der Waals surface area contributed by atoms with E-state index in [9.17, 15) is 9.36 Å². The quantitative estimate of drug-likeness (QED) is 0.232. The van der Waals surface area contributed by atoms with Crippen LogP contribution in [0.4, 0.5) is 0 Å². The van der Waals surface area contributed by atoms with Crippen molar-refractivity contribution in [1.82, 2.24) is 5.32 Å². The van der Waals surface area contributed by atoms with E-state index in [0.717, 1.165) is 18.4 Å². The lowest BCUT2D eigenvalue weighted by molar-refractivity contribution is -0.143. The second kappa shape index (κ2) is 14.7. The van der Waals surface area contributed by atoms with Gasteiger partial charge in [0.15, 0.2) is 0 Å². The highest BCUT2D eigenvalue weighted by Crippen LogP contribution is 2.54. The number of hydrogen-bond acceptors (Lipinski definition) is 7. The van der Waals surface area contributed by atoms with E-state index < -0.39 is 13.4 Å². The lowest BCUT2D eigenvalue weighted by atomic mass is 10.1. The van der Waals surface area contributed by atoms with Crippen molar-refractivity contribution >= 4 is 13.6 Å². The van der Waals surface area contributed by atoms with E-state index in [4.69, 9.17) is 18.5 Å². The average Bonchev–Trinajstić information content (AvgIpc) is 2.71. The Morgan fingerprint density at radius 1 is 1.10 bits per heavy atom. The molecule has 0 fully saturated rings. The monoisotopic (exact) mass is 429 g/mol. The summed E-state index contributed by atoms with van der Waals surface area (Å²) in [5, 5.41) is 3.36. The van der Waals surface area contributed by atoms with Gasteiger partial charge in [0.05, 0.1) is 32.5 Å². The third-order valence-electron chi connectivity index (χ3n) is 4.31. The van der Waals surface area contributed by atoms with Crippen molar-refractivity contribution in [3.8, 4) is 0 Å². The Kier molecular flexibility index (Phi) is 13.1. The van der Waals surface area contributed by atoms with Crippen LogP contribution in [0.1, 0.15) is 58.1 Å². The highest BCUT2D eigenvalue weighted by atomic mass is 31.2. The second-order valence-corrected chi connectivity index (χ2v) is 8.81. The van der Waals surface area contributed by atoms with Crippen LogP contribution in [0.5, 0.6) is 0 Å². The van der Waals surface area contributed by atoms with Crippen LogP contribution in [0.3, 0.4) is 0 Å². The van der Waals surface area contributed by atoms with Gasteiger partial charge in [0.1, 0.15) is 5.78 Å². The fourth-order valence-electron chi connectivity index (χ4n) is 2.89. The van der Waals surface area contributed by atoms with Crippen molar-refractivity contribution in [1.29, 1.82) is 0 Å². The normalized spacial score (nSPS) is 13.8. The van der Waals surface area contributed by atoms with Gasteiger partial charge in [-0.05, 0) is 32.3 Å². The minimum Gasteiger partial charge on any atom is -0.466 e. The predicted octanol–water partition coefficient (Wildman–Crippen LogP) is 4.68. The Bertz CT molecular complexity index is 602. The van der Waals surface area contributed by atoms with Gasteiger partial charge < -0.3 is 18.5 Å². The minimum absolute atomic E-state index is 0.125. The van der Waals surface area contributed by atoms with Crippen LogP contribution in [0.15, 0.2) is 30.3 Å². The number of ether oxygens (including phenoxy) is 2. The number of hydrogen-bond donors (Lipinski definition) is 1. The Morgan fingerprint density at radius 2 is 1.76 bits per heavy atom. The van der Waals surface area contributed by atoms with Crippen LogP contribution < -0.4 is 5.32 Å². The molecule has 0 bridgehead atoms. The lowest BCUT2D eigenvalue weighted by Crippen LogP contribution is -2.36. The highest BCUT2D eigenvalue weighted by Gasteiger charge is 2.37. The summed E-state index contributed by atoms with van der Waals surface area (Å²) < 4.78 is 35.2. The first kappa shape index (κ1) is 25.8. The van der Waals surface area contributed by atoms with Crippen LogP contribution >= 0.6 is 7.60 Å². The first-order valence-corrected chi connectivity index (χ1v) is 12.0. The largest absolute Gasteiger partial charge is 0.466 e. The smallest absolute Gasteiger partial charge is 0.347 e. The van der Waals surface area contributed by atoms with Gasteiger partial charge >= 0.3 is 13.6 Å². The molecule has 0 aliphatic carbocycles. The van der Waals surface area contributed by atoms with E-state index in [1.54, 1.807) is 21.0 Å². The molecule has 29 heavy (non-hydrogen) atoms. The maximum atomic E-state index is 13.5. The van der Waals surface area contributed by atoms with Crippen molar-refractivity contribution in [2.45, 2.75) is 58.3 Å². The second-order valence-electron chi connectivity index (χ2n) is 6.59. The SMILES string of the molecule is CCCCOC(=O)CC[C@H](N[C@@H](COC)c1ccccc1)P(=O)(OCC)OCC. The standard InChI is InChI=1S/C21H36NO6P/c1-5-8-16-26-21(23)15-14-20(29(24,27-6-2)28-7-3)22-19(17-25-4)18-12-10-9-11-13-18/h9-13,19-20,22H,5-8,14-17H2,1-4H3/t19-,20+/m0/s1. The molecule has 1 N–H and O–H groups in total. The van der Waals surface area contributed by atoms with Gasteiger partial charge in [-0.1, -0.05) is 43.7 Å². The van der Waals surface area contributed by atoms with Gasteiger partial charge in [0, 0.05) is 13.5 Å². The molecule has 8 heteroatoms. The molecule has 0 saturated heterocycles. The van der Waals surface area contributed by atoms with Crippen molar-refractivity contribution in [2.75, 3.05) is 33.5 Å². The summed E-state index contributed by atoms with van der Waals surface area (Å²) in [5.41, 5.74) is 0.990. The zero-order valence-corrected chi connectivity index (χ0v) is 19.0. The van der Waals surface area contributed by atoms with Crippen LogP contribution in [0, 0.1) is 0 Å². The molecule has 166 valence electrons. The number of nitrogens with one attached hydrogen (secondary N) is 1. The van der Waals surface area contributed by atoms with Crippen molar-refractivity contribution in [3.05, 3.63) is 35.9 Å². The fourth-order valence-corrected chi connectivity index (χ4v) is 4.85. The van der Waals surface area contributed by atoms with E-state index >= 15 is 0 Å². The predicted molar refractivity (Wildman–Crippen MR) is 114 cm³/mol. The van der Waals surface area contributed by atoms with Crippen LogP contribution in [-0.4, -0.2) is 45.3 Å². The van der Waals surface area contributed by atoms with Gasteiger partial charge in [-0.25, -0.2) is 0 Å². The van der Waals surface area contributed by atoms with E-state index in [0.29, 0.717) is 13.2 Å². The zero-order valence-electron chi connectivity index (χ0n) is 18.1. The zero-order chi connectivity index (χ0) is 21.5. The Hall–Kier alpha value is -1.24. The number of rotatable bonds is 16. The lowest BCUT2D eigenvalue weighted by Gasteiger charge is -2.30. The fraction of sp³-hybridized carbons (Fsp3) is 0.667. The van der Waals surface area contributed by atoms with Crippen LogP contribution in [0.25, 0.3) is 0 Å². The van der Waals surface area contributed by atoms with Gasteiger partial charge in [-0.3, -0.25) is 14.7 Å². The number of esters is 1. The molecule has 0 radical (unpaired) electrons. The van der Waals surface area contributed by atoms with Crippen molar-refractivity contribution in [2.24, 2.45) is 0 Å². The molecule has 0 unspecified atom stereocenters. The molecule has 1 aromatic carbocycles. The summed E-state index contributed by atoms with van der Waals surface area (Å²) in [4.78, 5) is 12.1. The summed E-state index contributed by atoms with van der Waals surface area (Å²) >= 11 is 0. The molecule has 2 atom stereocenters. The third-order valence-corrected chi connectivity index (χ3v) is 6.72. The summed E-state index contributed by atoms with van der Waals surface area (Å²) in [6, 6.07) is 9.52. The summed E-state index contributed by atoms with van der Waals surface area (Å²) in [5.74, 6) is -0.978. The number of methoxy groups -OCH3 is 1. The van der Waals surface area contributed by atoms with E-state index in [-0.39, 0.29) is 38.1 Å². The summed E-state index contributed by atoms with van der Waals surface area (Å²) in [6.07, 6.45) is 2.18. The first-order chi connectivity index (χ1) is 14.0. The molecule has 0 aliphatic rings. The molecule has 1 rings (SSSR count). The molecule has 0 aliphatic heterocycles. The van der Waals surface area contributed by atoms with Crippen molar-refractivity contribution in [3.63, 3.8) is 0 Å². The van der Waals surface area contributed by atoms with Crippen molar-refractivity contribution < 1.29 is 27.9 Å². The number of carbonyl (C=O) groups is 1. The number of carbonyl (C=O) groups excluding carboxylic acids is 1. The minimum atomic E-state index is -3.49. The van der Waals surface area contributed by atoms with E-state index in [2.05, 4.69) is 5.32 Å². The van der Waals surface area contributed by atoms with Gasteiger partial charge in [-0.15, -0.1) is 0 Å².